The number of carbonyl (C=O) groups excluding carboxylic acids is 2. The van der Waals surface area contributed by atoms with Gasteiger partial charge in [0.05, 0.1) is 23.6 Å². The van der Waals surface area contributed by atoms with Crippen LogP contribution < -0.4 is 19.9 Å². The predicted octanol–water partition coefficient (Wildman–Crippen LogP) is 2.24. The highest BCUT2D eigenvalue weighted by Crippen LogP contribution is 2.44. The first-order chi connectivity index (χ1) is 17.0. The maximum atomic E-state index is 13.1. The van der Waals surface area contributed by atoms with Crippen molar-refractivity contribution in [2.24, 2.45) is 0 Å². The van der Waals surface area contributed by atoms with Crippen molar-refractivity contribution in [3.63, 3.8) is 0 Å². The zero-order valence-corrected chi connectivity index (χ0v) is 22.7. The van der Waals surface area contributed by atoms with Crippen LogP contribution in [0.3, 0.4) is 0 Å². The smallest absolute Gasteiger partial charge is 0.305 e. The number of thioether (sulfide) groups is 1. The van der Waals surface area contributed by atoms with Crippen molar-refractivity contribution in [3.05, 3.63) is 28.5 Å². The van der Waals surface area contributed by atoms with Crippen LogP contribution in [0.25, 0.3) is 0 Å². The van der Waals surface area contributed by atoms with Gasteiger partial charge in [0.25, 0.3) is 6.20 Å². The van der Waals surface area contributed by atoms with Crippen LogP contribution in [0.5, 0.6) is 11.5 Å². The van der Waals surface area contributed by atoms with Crippen molar-refractivity contribution in [3.8, 4) is 11.5 Å². The maximum absolute atomic E-state index is 13.1. The number of piperazine rings is 1. The number of benzene rings is 1. The number of amides is 1. The summed E-state index contributed by atoms with van der Waals surface area (Å²) in [5.74, 6) is 0.756. The molecule has 2 N–H and O–H groups in total. The lowest BCUT2D eigenvalue weighted by Gasteiger charge is -2.36. The summed E-state index contributed by atoms with van der Waals surface area (Å²) in [5, 5.41) is 18.9. The molecule has 1 atom stereocenters. The van der Waals surface area contributed by atoms with Gasteiger partial charge in [-0.2, -0.15) is 5.01 Å². The molecule has 1 saturated heterocycles. The number of rotatable bonds is 6. The molecule has 2 aliphatic heterocycles. The number of ether oxygens (including phenoxy) is 1. The predicted molar refractivity (Wildman–Crippen MR) is 137 cm³/mol. The highest BCUT2D eigenvalue weighted by molar-refractivity contribution is 8.14. The van der Waals surface area contributed by atoms with Crippen molar-refractivity contribution >= 4 is 28.7 Å². The summed E-state index contributed by atoms with van der Waals surface area (Å²) in [5.41, 5.74) is 2.26. The Labute approximate surface area is 215 Å². The average Bonchev–Trinajstić information content (AvgIpc) is 3.33. The minimum Gasteiger partial charge on any atom is -0.507 e. The Morgan fingerprint density at radius 2 is 1.89 bits per heavy atom. The van der Waals surface area contributed by atoms with Gasteiger partial charge in [-0.15, -0.1) is 0 Å². The fourth-order valence-electron chi connectivity index (χ4n) is 4.71. The normalized spacial score (nSPS) is 20.2. The van der Waals surface area contributed by atoms with Crippen LogP contribution in [0.4, 0.5) is 5.88 Å². The number of hydrogen-bond donors (Lipinski definition) is 2. The van der Waals surface area contributed by atoms with E-state index >= 15 is 0 Å². The van der Waals surface area contributed by atoms with Gasteiger partial charge < -0.3 is 9.84 Å². The summed E-state index contributed by atoms with van der Waals surface area (Å²) in [7, 11) is 0. The summed E-state index contributed by atoms with van der Waals surface area (Å²) in [6, 6.07) is 0.506. The van der Waals surface area contributed by atoms with Gasteiger partial charge >= 0.3 is 5.88 Å². The fraction of sp³-hybridized carbons (Fsp3) is 0.600. The number of fused-ring (bicyclic) bond motifs is 1. The molecular formula is C25H36N5O5S+. The summed E-state index contributed by atoms with van der Waals surface area (Å²) in [4.78, 5) is 29.6. The molecule has 11 heteroatoms. The van der Waals surface area contributed by atoms with E-state index < -0.39 is 5.60 Å². The highest BCUT2D eigenvalue weighted by Gasteiger charge is 2.41. The van der Waals surface area contributed by atoms with Crippen molar-refractivity contribution in [1.29, 1.82) is 0 Å². The van der Waals surface area contributed by atoms with Crippen LogP contribution in [0.15, 0.2) is 10.7 Å². The van der Waals surface area contributed by atoms with E-state index in [0.29, 0.717) is 24.6 Å². The van der Waals surface area contributed by atoms with Crippen LogP contribution in [0.2, 0.25) is 0 Å². The minimum atomic E-state index is -1.05. The molecule has 2 aromatic rings. The molecule has 4 rings (SSSR count). The summed E-state index contributed by atoms with van der Waals surface area (Å²) >= 11 is 0.929. The minimum absolute atomic E-state index is 0.0645. The molecule has 0 spiro atoms. The molecule has 0 bridgehead atoms. The lowest BCUT2D eigenvalue weighted by atomic mass is 9.87. The Bertz CT molecular complexity index is 1160. The zero-order chi connectivity index (χ0) is 26.2. The number of nitrogens with one attached hydrogen (secondary N) is 1. The molecular weight excluding hydrogens is 482 g/mol. The number of aromatic nitrogens is 2. The van der Waals surface area contributed by atoms with Gasteiger partial charge in [0.15, 0.2) is 5.60 Å². The summed E-state index contributed by atoms with van der Waals surface area (Å²) in [6.07, 6.45) is 2.73. The van der Waals surface area contributed by atoms with E-state index in [4.69, 9.17) is 9.26 Å². The SMILES string of the molecule is Cc1c(C)c2c(c(C)c1O)CCC(C)(C(=O)SCC(=O)Nc1c[n+](N3CCN(C(C)C)CC3)no1)O2. The number of anilines is 1. The van der Waals surface area contributed by atoms with E-state index in [1.807, 2.05) is 20.8 Å². The van der Waals surface area contributed by atoms with Crippen molar-refractivity contribution in [1.82, 2.24) is 10.2 Å². The first-order valence-electron chi connectivity index (χ1n) is 12.4. The number of carbonyl (C=O) groups is 2. The standard InChI is InChI=1S/C25H35N5O5S/c1-15(2)28-9-11-29(12-10-28)30-13-21(35-27-30)26-20(31)14-36-24(33)25(6)8-7-19-18(5)22(32)16(3)17(4)23(19)34-25/h13,15H,7-12,14H2,1-6H3,(H-,26,27,31,32)/p+1. The van der Waals surface area contributed by atoms with Gasteiger partial charge in [-0.1, -0.05) is 11.8 Å². The van der Waals surface area contributed by atoms with Crippen molar-refractivity contribution < 1.29 is 28.7 Å². The third-order valence-corrected chi connectivity index (χ3v) is 8.42. The summed E-state index contributed by atoms with van der Waals surface area (Å²) in [6.45, 7) is 15.2. The van der Waals surface area contributed by atoms with Crippen LogP contribution in [-0.2, 0) is 16.0 Å². The Morgan fingerprint density at radius 1 is 1.19 bits per heavy atom. The molecule has 2 aliphatic rings. The van der Waals surface area contributed by atoms with Gasteiger partial charge in [0, 0.05) is 24.7 Å². The van der Waals surface area contributed by atoms with Gasteiger partial charge in [0.1, 0.15) is 11.5 Å². The second-order valence-electron chi connectivity index (χ2n) is 10.1. The summed E-state index contributed by atoms with van der Waals surface area (Å²) < 4.78 is 11.5. The van der Waals surface area contributed by atoms with E-state index in [1.165, 1.54) is 0 Å². The number of aromatic hydroxyl groups is 1. The number of phenols is 1. The van der Waals surface area contributed by atoms with Crippen LogP contribution >= 0.6 is 11.8 Å². The molecule has 0 radical (unpaired) electrons. The number of nitrogens with zero attached hydrogens (tertiary/aromatic N) is 4. The highest BCUT2D eigenvalue weighted by atomic mass is 32.2. The lowest BCUT2D eigenvalue weighted by Crippen LogP contribution is -2.65. The first kappa shape index (κ1) is 26.3. The van der Waals surface area contributed by atoms with Crippen LogP contribution in [-0.4, -0.2) is 69.9 Å². The van der Waals surface area contributed by atoms with Gasteiger partial charge in [-0.3, -0.25) is 24.3 Å². The third kappa shape index (κ3) is 5.17. The van der Waals surface area contributed by atoms with Crippen molar-refractivity contribution in [2.75, 3.05) is 42.3 Å². The maximum Gasteiger partial charge on any atom is 0.305 e. The Hall–Kier alpha value is -2.79. The zero-order valence-electron chi connectivity index (χ0n) is 21.9. The molecule has 0 saturated carbocycles. The third-order valence-electron chi connectivity index (χ3n) is 7.31. The Morgan fingerprint density at radius 3 is 2.56 bits per heavy atom. The monoisotopic (exact) mass is 518 g/mol. The lowest BCUT2D eigenvalue weighted by molar-refractivity contribution is -0.759. The molecule has 1 aromatic heterocycles. The Balaban J connectivity index is 1.31. The van der Waals surface area contributed by atoms with Gasteiger partial charge in [-0.25, -0.2) is 0 Å². The van der Waals surface area contributed by atoms with E-state index in [9.17, 15) is 14.7 Å². The second kappa shape index (κ2) is 10.3. The first-order valence-corrected chi connectivity index (χ1v) is 13.3. The molecule has 196 valence electrons. The molecule has 3 heterocycles. The molecule has 10 nitrogen and oxygen atoms in total. The van der Waals surface area contributed by atoms with Gasteiger partial charge in [-0.05, 0) is 71.1 Å². The topological polar surface area (TPSA) is 112 Å². The van der Waals surface area contributed by atoms with Crippen LogP contribution in [0.1, 0.15) is 49.4 Å². The van der Waals surface area contributed by atoms with Crippen LogP contribution in [0, 0.1) is 20.8 Å². The molecule has 1 amide bonds. The number of hydrogen-bond acceptors (Lipinski definition) is 9. The van der Waals surface area contributed by atoms with E-state index in [0.717, 1.165) is 60.2 Å². The molecule has 1 aromatic carbocycles. The molecule has 1 fully saturated rings. The average molecular weight is 519 g/mol. The van der Waals surface area contributed by atoms with E-state index in [-0.39, 0.29) is 28.4 Å². The number of phenolic OH excluding ortho intramolecular Hbond substituents is 1. The van der Waals surface area contributed by atoms with E-state index in [1.54, 1.807) is 17.9 Å². The quantitative estimate of drug-likeness (QED) is 0.556. The second-order valence-corrected chi connectivity index (χ2v) is 11.0. The molecule has 36 heavy (non-hydrogen) atoms. The fourth-order valence-corrected chi connectivity index (χ4v) is 5.49. The largest absolute Gasteiger partial charge is 0.507 e. The molecule has 1 unspecified atom stereocenters. The Kier molecular flexibility index (Phi) is 7.51. The van der Waals surface area contributed by atoms with Gasteiger partial charge in [0.2, 0.25) is 16.3 Å². The van der Waals surface area contributed by atoms with E-state index in [2.05, 4.69) is 34.3 Å². The molecule has 0 aliphatic carbocycles. The van der Waals surface area contributed by atoms with Crippen molar-refractivity contribution in [2.45, 2.75) is 66.0 Å².